The van der Waals surface area contributed by atoms with Crippen molar-refractivity contribution in [2.75, 3.05) is 13.2 Å². The van der Waals surface area contributed by atoms with Gasteiger partial charge in [0.25, 0.3) is 5.91 Å². The smallest absolute Gasteiger partial charge is 0.307 e. The minimum absolute atomic E-state index is 0.0150. The normalized spacial score (nSPS) is 23.4. The molecule has 2 aliphatic rings. The van der Waals surface area contributed by atoms with Crippen LogP contribution in [-0.2, 0) is 32.0 Å². The third-order valence-corrected chi connectivity index (χ3v) is 3.95. The third-order valence-electron chi connectivity index (χ3n) is 3.95. The summed E-state index contributed by atoms with van der Waals surface area (Å²) in [6, 6.07) is 7.91. The van der Waals surface area contributed by atoms with Crippen LogP contribution in [0.1, 0.15) is 24.5 Å². The molecule has 1 fully saturated rings. The van der Waals surface area contributed by atoms with Gasteiger partial charge in [-0.25, -0.2) is 0 Å². The van der Waals surface area contributed by atoms with Crippen LogP contribution in [0.5, 0.6) is 0 Å². The molecule has 2 aliphatic heterocycles. The minimum atomic E-state index is -0.319. The molecule has 2 unspecified atom stereocenters. The molecule has 1 amide bonds. The highest BCUT2D eigenvalue weighted by molar-refractivity contribution is 5.84. The highest BCUT2D eigenvalue weighted by Crippen LogP contribution is 2.28. The van der Waals surface area contributed by atoms with Gasteiger partial charge in [-0.2, -0.15) is 0 Å². The number of benzene rings is 1. The van der Waals surface area contributed by atoms with Crippen molar-refractivity contribution in [1.82, 2.24) is 4.90 Å². The van der Waals surface area contributed by atoms with Crippen LogP contribution in [0.2, 0.25) is 0 Å². The van der Waals surface area contributed by atoms with Crippen LogP contribution < -0.4 is 0 Å². The first kappa shape index (κ1) is 14.1. The summed E-state index contributed by atoms with van der Waals surface area (Å²) in [5.74, 6) is -0.268. The molecule has 0 radical (unpaired) electrons. The van der Waals surface area contributed by atoms with Crippen LogP contribution in [-0.4, -0.2) is 42.1 Å². The van der Waals surface area contributed by atoms with Gasteiger partial charge in [0.05, 0.1) is 19.6 Å². The van der Waals surface area contributed by atoms with Gasteiger partial charge in [0, 0.05) is 12.6 Å². The maximum Gasteiger partial charge on any atom is 0.307 e. The third kappa shape index (κ3) is 3.08. The van der Waals surface area contributed by atoms with Crippen LogP contribution >= 0.6 is 0 Å². The SMILES string of the molecule is CCOC(=O)CC1Cc2ccccc2CN1C(=O)C1CO1. The van der Waals surface area contributed by atoms with Gasteiger partial charge in [-0.1, -0.05) is 24.3 Å². The number of epoxide rings is 1. The molecule has 21 heavy (non-hydrogen) atoms. The summed E-state index contributed by atoms with van der Waals surface area (Å²) in [5.41, 5.74) is 2.35. The molecule has 1 aromatic carbocycles. The van der Waals surface area contributed by atoms with E-state index in [-0.39, 0.29) is 30.4 Å². The zero-order chi connectivity index (χ0) is 14.8. The number of fused-ring (bicyclic) bond motifs is 1. The fraction of sp³-hybridized carbons (Fsp3) is 0.500. The topological polar surface area (TPSA) is 59.1 Å². The van der Waals surface area contributed by atoms with Gasteiger partial charge in [0.15, 0.2) is 6.10 Å². The molecular formula is C16H19NO4. The van der Waals surface area contributed by atoms with E-state index in [2.05, 4.69) is 6.07 Å². The van der Waals surface area contributed by atoms with Crippen LogP contribution in [0.15, 0.2) is 24.3 Å². The van der Waals surface area contributed by atoms with Crippen molar-refractivity contribution in [3.8, 4) is 0 Å². The predicted molar refractivity (Wildman–Crippen MR) is 75.5 cm³/mol. The molecule has 0 saturated carbocycles. The van der Waals surface area contributed by atoms with Crippen molar-refractivity contribution in [1.29, 1.82) is 0 Å². The lowest BCUT2D eigenvalue weighted by molar-refractivity contribution is -0.146. The highest BCUT2D eigenvalue weighted by Gasteiger charge is 2.40. The average molecular weight is 289 g/mol. The lowest BCUT2D eigenvalue weighted by Crippen LogP contribution is -2.47. The van der Waals surface area contributed by atoms with Gasteiger partial charge < -0.3 is 14.4 Å². The standard InChI is InChI=1S/C16H19NO4/c1-2-20-15(18)8-13-7-11-5-3-4-6-12(11)9-17(13)16(19)14-10-21-14/h3-6,13-14H,2,7-10H2,1H3. The Kier molecular flexibility index (Phi) is 3.92. The zero-order valence-corrected chi connectivity index (χ0v) is 12.1. The summed E-state index contributed by atoms with van der Waals surface area (Å²) in [6.45, 7) is 3.18. The van der Waals surface area contributed by atoms with E-state index in [1.54, 1.807) is 11.8 Å². The van der Waals surface area contributed by atoms with E-state index in [0.717, 1.165) is 5.56 Å². The summed E-state index contributed by atoms with van der Waals surface area (Å²) >= 11 is 0. The lowest BCUT2D eigenvalue weighted by atomic mass is 9.92. The van der Waals surface area contributed by atoms with Crippen LogP contribution in [0.3, 0.4) is 0 Å². The summed E-state index contributed by atoms with van der Waals surface area (Å²) in [4.78, 5) is 25.9. The Bertz CT molecular complexity index is 553. The Morgan fingerprint density at radius 2 is 2.05 bits per heavy atom. The van der Waals surface area contributed by atoms with E-state index >= 15 is 0 Å². The van der Waals surface area contributed by atoms with E-state index in [4.69, 9.17) is 9.47 Å². The number of ether oxygens (including phenoxy) is 2. The Hall–Kier alpha value is -1.88. The van der Waals surface area contributed by atoms with Crippen molar-refractivity contribution < 1.29 is 19.1 Å². The lowest BCUT2D eigenvalue weighted by Gasteiger charge is -2.36. The number of esters is 1. The number of nitrogens with zero attached hydrogens (tertiary/aromatic N) is 1. The molecule has 0 N–H and O–H groups in total. The van der Waals surface area contributed by atoms with Crippen LogP contribution in [0, 0.1) is 0 Å². The molecule has 2 heterocycles. The number of hydrogen-bond donors (Lipinski definition) is 0. The van der Waals surface area contributed by atoms with Crippen molar-refractivity contribution in [2.24, 2.45) is 0 Å². The minimum Gasteiger partial charge on any atom is -0.466 e. The van der Waals surface area contributed by atoms with E-state index in [0.29, 0.717) is 26.2 Å². The zero-order valence-electron chi connectivity index (χ0n) is 12.1. The van der Waals surface area contributed by atoms with Crippen molar-refractivity contribution in [2.45, 2.75) is 38.5 Å². The molecular weight excluding hydrogens is 270 g/mol. The second kappa shape index (κ2) is 5.85. The Morgan fingerprint density at radius 3 is 2.71 bits per heavy atom. The quantitative estimate of drug-likeness (QED) is 0.619. The van der Waals surface area contributed by atoms with E-state index in [1.165, 1.54) is 5.56 Å². The summed E-state index contributed by atoms with van der Waals surface area (Å²) in [5, 5.41) is 0. The molecule has 0 aliphatic carbocycles. The summed E-state index contributed by atoms with van der Waals surface area (Å²) in [7, 11) is 0. The number of rotatable bonds is 4. The van der Waals surface area contributed by atoms with Gasteiger partial charge in [-0.15, -0.1) is 0 Å². The molecule has 5 nitrogen and oxygen atoms in total. The first-order chi connectivity index (χ1) is 10.2. The molecule has 1 saturated heterocycles. The number of carbonyl (C=O) groups excluding carboxylic acids is 2. The maximum absolute atomic E-state index is 12.4. The molecule has 0 aromatic heterocycles. The molecule has 1 aromatic rings. The average Bonchev–Trinajstić information content (AvgIpc) is 3.30. The van der Waals surface area contributed by atoms with Gasteiger partial charge in [0.1, 0.15) is 0 Å². The molecule has 5 heteroatoms. The number of amides is 1. The van der Waals surface area contributed by atoms with Crippen LogP contribution in [0.4, 0.5) is 0 Å². The van der Waals surface area contributed by atoms with Gasteiger partial charge in [0.2, 0.25) is 0 Å². The first-order valence-electron chi connectivity index (χ1n) is 7.33. The molecule has 2 atom stereocenters. The first-order valence-corrected chi connectivity index (χ1v) is 7.33. The van der Waals surface area contributed by atoms with Gasteiger partial charge in [-0.05, 0) is 24.5 Å². The van der Waals surface area contributed by atoms with E-state index < -0.39 is 0 Å². The Labute approximate surface area is 123 Å². The maximum atomic E-state index is 12.4. The monoisotopic (exact) mass is 289 g/mol. The largest absolute Gasteiger partial charge is 0.466 e. The number of hydrogen-bond acceptors (Lipinski definition) is 4. The van der Waals surface area contributed by atoms with Gasteiger partial charge in [-0.3, -0.25) is 9.59 Å². The van der Waals surface area contributed by atoms with Crippen molar-refractivity contribution in [3.63, 3.8) is 0 Å². The second-order valence-corrected chi connectivity index (χ2v) is 5.42. The van der Waals surface area contributed by atoms with Crippen molar-refractivity contribution >= 4 is 11.9 Å². The fourth-order valence-electron chi connectivity index (χ4n) is 2.82. The second-order valence-electron chi connectivity index (χ2n) is 5.42. The summed E-state index contributed by atoms with van der Waals surface area (Å²) in [6.07, 6.45) is 0.605. The molecule has 3 rings (SSSR count). The highest BCUT2D eigenvalue weighted by atomic mass is 16.6. The van der Waals surface area contributed by atoms with Crippen molar-refractivity contribution in [3.05, 3.63) is 35.4 Å². The van der Waals surface area contributed by atoms with Crippen LogP contribution in [0.25, 0.3) is 0 Å². The van der Waals surface area contributed by atoms with E-state index in [1.807, 2.05) is 18.2 Å². The predicted octanol–water partition coefficient (Wildman–Crippen LogP) is 1.29. The van der Waals surface area contributed by atoms with E-state index in [9.17, 15) is 9.59 Å². The molecule has 0 spiro atoms. The fourth-order valence-corrected chi connectivity index (χ4v) is 2.82. The Morgan fingerprint density at radius 1 is 1.33 bits per heavy atom. The molecule has 0 bridgehead atoms. The summed E-state index contributed by atoms with van der Waals surface area (Å²) < 4.78 is 10.1. The molecule has 112 valence electrons. The van der Waals surface area contributed by atoms with Gasteiger partial charge >= 0.3 is 5.97 Å². The number of carbonyl (C=O) groups is 2. The Balaban J connectivity index is 1.80.